The molecule has 2 aliphatic carbocycles. The molecule has 25 heavy (non-hydrogen) atoms. The van der Waals surface area contributed by atoms with Gasteiger partial charge in [0.1, 0.15) is 0 Å². The first kappa shape index (κ1) is 17.9. The lowest BCUT2D eigenvalue weighted by molar-refractivity contribution is -0.139. The number of carboxylic acids is 1. The molecule has 3 N–H and O–H groups in total. The minimum atomic E-state index is -0.726. The smallest absolute Gasteiger partial charge is 0.317 e. The molecule has 0 atom stereocenters. The molecule has 6 heteroatoms. The Labute approximate surface area is 148 Å². The van der Waals surface area contributed by atoms with Crippen LogP contribution in [0.5, 0.6) is 0 Å². The normalized spacial score (nSPS) is 22.5. The summed E-state index contributed by atoms with van der Waals surface area (Å²) in [5, 5.41) is 15.4. The largest absolute Gasteiger partial charge is 0.480 e. The molecule has 0 aromatic heterocycles. The summed E-state index contributed by atoms with van der Waals surface area (Å²) in [5.41, 5.74) is 1.99. The highest BCUT2D eigenvalue weighted by atomic mass is 16.4. The van der Waals surface area contributed by atoms with Crippen LogP contribution in [-0.4, -0.2) is 47.1 Å². The van der Waals surface area contributed by atoms with E-state index in [0.29, 0.717) is 18.0 Å². The first-order valence-electron chi connectivity index (χ1n) is 9.05. The highest BCUT2D eigenvalue weighted by Gasteiger charge is 2.36. The van der Waals surface area contributed by atoms with Crippen molar-refractivity contribution >= 4 is 17.6 Å². The molecule has 0 spiro atoms. The van der Waals surface area contributed by atoms with Gasteiger partial charge >= 0.3 is 5.97 Å². The quantitative estimate of drug-likeness (QED) is 0.638. The van der Waals surface area contributed by atoms with Crippen molar-refractivity contribution in [3.63, 3.8) is 0 Å². The number of benzene rings is 1. The van der Waals surface area contributed by atoms with E-state index in [4.69, 9.17) is 5.11 Å². The molecule has 0 unspecified atom stereocenters. The van der Waals surface area contributed by atoms with E-state index in [1.165, 1.54) is 25.3 Å². The third-order valence-corrected chi connectivity index (χ3v) is 5.03. The predicted molar refractivity (Wildman–Crippen MR) is 96.3 cm³/mol. The zero-order chi connectivity index (χ0) is 17.8. The average Bonchev–Trinajstić information content (AvgIpc) is 3.30. The lowest BCUT2D eigenvalue weighted by atomic mass is 9.85. The van der Waals surface area contributed by atoms with Gasteiger partial charge in [0, 0.05) is 37.8 Å². The Hall–Kier alpha value is -1.92. The Morgan fingerprint density at radius 3 is 2.44 bits per heavy atom. The molecule has 1 aromatic rings. The summed E-state index contributed by atoms with van der Waals surface area (Å²) in [6.07, 6.45) is 4.53. The standard InChI is InChI=1S/C19H27N3O3/c1-13(23)21-16-6-4-14(5-7-16)10-20-17-8-18(9-17)22(12-19(24)25)11-15-2-3-15/h4-7,15,17-18,20H,2-3,8-12H2,1H3,(H,21,23)(H,24,25). The second-order valence-electron chi connectivity index (χ2n) is 7.35. The Kier molecular flexibility index (Phi) is 5.71. The van der Waals surface area contributed by atoms with Gasteiger partial charge in [-0.25, -0.2) is 0 Å². The van der Waals surface area contributed by atoms with Crippen molar-refractivity contribution in [2.45, 2.75) is 51.2 Å². The van der Waals surface area contributed by atoms with Gasteiger partial charge in [0.15, 0.2) is 0 Å². The van der Waals surface area contributed by atoms with Gasteiger partial charge in [0.05, 0.1) is 6.54 Å². The summed E-state index contributed by atoms with van der Waals surface area (Å²) < 4.78 is 0. The van der Waals surface area contributed by atoms with Crippen molar-refractivity contribution in [1.29, 1.82) is 0 Å². The number of rotatable bonds is 9. The van der Waals surface area contributed by atoms with Crippen LogP contribution in [0.25, 0.3) is 0 Å². The lowest BCUT2D eigenvalue weighted by Crippen LogP contribution is -2.54. The van der Waals surface area contributed by atoms with Crippen LogP contribution in [-0.2, 0) is 16.1 Å². The third kappa shape index (κ3) is 5.54. The maximum Gasteiger partial charge on any atom is 0.317 e. The molecule has 0 radical (unpaired) electrons. The summed E-state index contributed by atoms with van der Waals surface area (Å²) >= 11 is 0. The van der Waals surface area contributed by atoms with Crippen LogP contribution < -0.4 is 10.6 Å². The van der Waals surface area contributed by atoms with Crippen molar-refractivity contribution < 1.29 is 14.7 Å². The second kappa shape index (κ2) is 7.97. The van der Waals surface area contributed by atoms with Gasteiger partial charge in [-0.3, -0.25) is 14.5 Å². The van der Waals surface area contributed by atoms with E-state index in [2.05, 4.69) is 15.5 Å². The van der Waals surface area contributed by atoms with E-state index < -0.39 is 5.97 Å². The molecule has 2 aliphatic rings. The van der Waals surface area contributed by atoms with Gasteiger partial charge in [-0.2, -0.15) is 0 Å². The Morgan fingerprint density at radius 1 is 1.20 bits per heavy atom. The third-order valence-electron chi connectivity index (χ3n) is 5.03. The molecule has 3 rings (SSSR count). The maximum absolute atomic E-state index is 11.1. The maximum atomic E-state index is 11.1. The summed E-state index contributed by atoms with van der Waals surface area (Å²) in [4.78, 5) is 24.2. The molecule has 136 valence electrons. The number of aliphatic carboxylic acids is 1. The van der Waals surface area contributed by atoms with Crippen LogP contribution >= 0.6 is 0 Å². The molecule has 1 aromatic carbocycles. The van der Waals surface area contributed by atoms with Gasteiger partial charge in [-0.1, -0.05) is 12.1 Å². The topological polar surface area (TPSA) is 81.7 Å². The number of amides is 1. The van der Waals surface area contributed by atoms with Gasteiger partial charge in [-0.05, 0) is 49.3 Å². The van der Waals surface area contributed by atoms with E-state index in [-0.39, 0.29) is 12.5 Å². The van der Waals surface area contributed by atoms with Crippen LogP contribution in [0.1, 0.15) is 38.2 Å². The fourth-order valence-electron chi connectivity index (χ4n) is 3.37. The average molecular weight is 345 g/mol. The molecule has 0 saturated heterocycles. The minimum absolute atomic E-state index is 0.0662. The summed E-state index contributed by atoms with van der Waals surface area (Å²) in [7, 11) is 0. The van der Waals surface area contributed by atoms with E-state index in [9.17, 15) is 9.59 Å². The number of carbonyl (C=O) groups excluding carboxylic acids is 1. The Balaban J connectivity index is 1.40. The summed E-state index contributed by atoms with van der Waals surface area (Å²) in [6.45, 7) is 3.39. The SMILES string of the molecule is CC(=O)Nc1ccc(CNC2CC(N(CC(=O)O)CC3CC3)C2)cc1. The fourth-order valence-corrected chi connectivity index (χ4v) is 3.37. The number of nitrogens with zero attached hydrogens (tertiary/aromatic N) is 1. The molecule has 1 amide bonds. The molecular weight excluding hydrogens is 318 g/mol. The molecular formula is C19H27N3O3. The van der Waals surface area contributed by atoms with Gasteiger partial charge in [0.2, 0.25) is 5.91 Å². The molecule has 0 bridgehead atoms. The van der Waals surface area contributed by atoms with Crippen LogP contribution in [0.15, 0.2) is 24.3 Å². The second-order valence-corrected chi connectivity index (χ2v) is 7.35. The molecule has 2 saturated carbocycles. The van der Waals surface area contributed by atoms with Crippen LogP contribution in [0, 0.1) is 5.92 Å². The van der Waals surface area contributed by atoms with Crippen molar-refractivity contribution in [3.8, 4) is 0 Å². The van der Waals surface area contributed by atoms with Gasteiger partial charge in [-0.15, -0.1) is 0 Å². The zero-order valence-corrected chi connectivity index (χ0v) is 14.7. The van der Waals surface area contributed by atoms with Crippen LogP contribution in [0.2, 0.25) is 0 Å². The number of carbonyl (C=O) groups is 2. The van der Waals surface area contributed by atoms with Crippen molar-refractivity contribution in [3.05, 3.63) is 29.8 Å². The van der Waals surface area contributed by atoms with E-state index in [0.717, 1.165) is 31.6 Å². The highest BCUT2D eigenvalue weighted by Crippen LogP contribution is 2.33. The summed E-state index contributed by atoms with van der Waals surface area (Å²) in [5.74, 6) is -0.0756. The molecule has 0 heterocycles. The minimum Gasteiger partial charge on any atom is -0.480 e. The van der Waals surface area contributed by atoms with Crippen molar-refractivity contribution in [2.75, 3.05) is 18.4 Å². The van der Waals surface area contributed by atoms with E-state index >= 15 is 0 Å². The summed E-state index contributed by atoms with van der Waals surface area (Å²) in [6, 6.07) is 8.70. The van der Waals surface area contributed by atoms with Crippen molar-refractivity contribution in [2.24, 2.45) is 5.92 Å². The molecule has 6 nitrogen and oxygen atoms in total. The van der Waals surface area contributed by atoms with E-state index in [1.807, 2.05) is 24.3 Å². The number of nitrogens with one attached hydrogen (secondary N) is 2. The number of hydrogen-bond donors (Lipinski definition) is 3. The molecule has 2 fully saturated rings. The molecule has 0 aliphatic heterocycles. The number of anilines is 1. The Bertz CT molecular complexity index is 607. The predicted octanol–water partition coefficient (Wildman–Crippen LogP) is 2.06. The van der Waals surface area contributed by atoms with Gasteiger partial charge in [0.25, 0.3) is 0 Å². The van der Waals surface area contributed by atoms with E-state index in [1.54, 1.807) is 0 Å². The first-order valence-corrected chi connectivity index (χ1v) is 9.05. The highest BCUT2D eigenvalue weighted by molar-refractivity contribution is 5.88. The van der Waals surface area contributed by atoms with Crippen LogP contribution in [0.3, 0.4) is 0 Å². The monoisotopic (exact) mass is 345 g/mol. The number of hydrogen-bond acceptors (Lipinski definition) is 4. The Morgan fingerprint density at radius 2 is 1.88 bits per heavy atom. The lowest BCUT2D eigenvalue weighted by Gasteiger charge is -2.43. The fraction of sp³-hybridized carbons (Fsp3) is 0.579. The first-order chi connectivity index (χ1) is 12.0. The van der Waals surface area contributed by atoms with Gasteiger partial charge < -0.3 is 15.7 Å². The zero-order valence-electron chi connectivity index (χ0n) is 14.7. The van der Waals surface area contributed by atoms with Crippen molar-refractivity contribution in [1.82, 2.24) is 10.2 Å². The number of carboxylic acid groups (broad SMARTS) is 1. The van der Waals surface area contributed by atoms with Crippen LogP contribution in [0.4, 0.5) is 5.69 Å².